The summed E-state index contributed by atoms with van der Waals surface area (Å²) in [4.78, 5) is 24.4. The molecule has 6 nitrogen and oxygen atoms in total. The zero-order valence-electron chi connectivity index (χ0n) is 10.7. The van der Waals surface area contributed by atoms with Crippen molar-refractivity contribution in [1.29, 1.82) is 0 Å². The Labute approximate surface area is 101 Å². The molecule has 17 heavy (non-hydrogen) atoms. The van der Waals surface area contributed by atoms with E-state index < -0.39 is 11.5 Å². The molecule has 0 saturated carbocycles. The maximum absolute atomic E-state index is 11.9. The monoisotopic (exact) mass is 244 g/mol. The quantitative estimate of drug-likeness (QED) is 0.748. The number of carbonyl (C=O) groups is 2. The number of hydrogen-bond donors (Lipinski definition) is 2. The van der Waals surface area contributed by atoms with Gasteiger partial charge in [0.2, 0.25) is 0 Å². The Balaban J connectivity index is 2.62. The summed E-state index contributed by atoms with van der Waals surface area (Å²) in [6.45, 7) is 8.11. The summed E-state index contributed by atoms with van der Waals surface area (Å²) in [6.07, 6.45) is 0. The van der Waals surface area contributed by atoms with Crippen LogP contribution in [0, 0.1) is 0 Å². The van der Waals surface area contributed by atoms with Crippen molar-refractivity contribution < 1.29 is 19.4 Å². The molecule has 6 heteroatoms. The van der Waals surface area contributed by atoms with E-state index in [1.165, 1.54) is 13.8 Å². The highest BCUT2D eigenvalue weighted by Crippen LogP contribution is 2.17. The average molecular weight is 244 g/mol. The van der Waals surface area contributed by atoms with E-state index in [1.807, 2.05) is 13.8 Å². The fraction of sp³-hybridized carbons (Fsp3) is 0.818. The Kier molecular flexibility index (Phi) is 3.66. The molecule has 1 heterocycles. The number of urea groups is 1. The van der Waals surface area contributed by atoms with E-state index in [0.717, 1.165) is 0 Å². The molecule has 1 aliphatic heterocycles. The van der Waals surface area contributed by atoms with Crippen molar-refractivity contribution in [1.82, 2.24) is 10.2 Å². The summed E-state index contributed by atoms with van der Waals surface area (Å²) in [6, 6.07) is -0.367. The van der Waals surface area contributed by atoms with Crippen LogP contribution < -0.4 is 5.32 Å². The predicted molar refractivity (Wildman–Crippen MR) is 61.9 cm³/mol. The Bertz CT molecular complexity index is 325. The highest BCUT2D eigenvalue weighted by Gasteiger charge is 2.34. The number of nitrogens with zero attached hydrogens (tertiary/aromatic N) is 1. The van der Waals surface area contributed by atoms with E-state index in [1.54, 1.807) is 4.90 Å². The summed E-state index contributed by atoms with van der Waals surface area (Å²) in [7, 11) is 0. The van der Waals surface area contributed by atoms with Crippen molar-refractivity contribution >= 4 is 12.0 Å². The molecule has 2 N–H and O–H groups in total. The van der Waals surface area contributed by atoms with Gasteiger partial charge in [-0.05, 0) is 27.7 Å². The summed E-state index contributed by atoms with van der Waals surface area (Å²) in [5, 5.41) is 11.4. The van der Waals surface area contributed by atoms with Gasteiger partial charge in [0.05, 0.1) is 18.8 Å². The van der Waals surface area contributed by atoms with Crippen molar-refractivity contribution in [2.75, 3.05) is 19.7 Å². The molecule has 0 radical (unpaired) electrons. The summed E-state index contributed by atoms with van der Waals surface area (Å²) >= 11 is 0. The fourth-order valence-electron chi connectivity index (χ4n) is 1.59. The molecule has 1 rings (SSSR count). The first-order valence-electron chi connectivity index (χ1n) is 5.58. The van der Waals surface area contributed by atoms with Crippen LogP contribution in [0.15, 0.2) is 0 Å². The highest BCUT2D eigenvalue weighted by molar-refractivity contribution is 5.85. The minimum absolute atomic E-state index is 0.367. The summed E-state index contributed by atoms with van der Waals surface area (Å²) in [5.74, 6) is -1.06. The maximum atomic E-state index is 11.9. The molecule has 0 aromatic rings. The zero-order valence-corrected chi connectivity index (χ0v) is 10.7. The number of amides is 2. The number of nitrogens with one attached hydrogen (secondary N) is 1. The number of ether oxygens (including phenoxy) is 1. The van der Waals surface area contributed by atoms with E-state index >= 15 is 0 Å². The Morgan fingerprint density at radius 3 is 2.47 bits per heavy atom. The molecular formula is C11H20N2O4. The Morgan fingerprint density at radius 1 is 1.41 bits per heavy atom. The first-order chi connectivity index (χ1) is 7.64. The summed E-state index contributed by atoms with van der Waals surface area (Å²) < 4.78 is 5.49. The highest BCUT2D eigenvalue weighted by atomic mass is 16.5. The van der Waals surface area contributed by atoms with Gasteiger partial charge in [-0.25, -0.2) is 9.59 Å². The number of carbonyl (C=O) groups excluding carboxylic acids is 1. The fourth-order valence-corrected chi connectivity index (χ4v) is 1.59. The molecule has 0 unspecified atom stereocenters. The number of carboxylic acid groups (broad SMARTS) is 1. The standard InChI is InChI=1S/C11H20N2O4/c1-10(2)7-13(5-6-17-10)9(16)12-11(3,4)8(14)15/h5-7H2,1-4H3,(H,12,16)(H,14,15). The van der Waals surface area contributed by atoms with Crippen molar-refractivity contribution in [3.63, 3.8) is 0 Å². The van der Waals surface area contributed by atoms with Crippen molar-refractivity contribution in [3.8, 4) is 0 Å². The van der Waals surface area contributed by atoms with Crippen molar-refractivity contribution in [2.24, 2.45) is 0 Å². The molecule has 0 aromatic carbocycles. The van der Waals surface area contributed by atoms with Crippen LogP contribution in [0.5, 0.6) is 0 Å². The van der Waals surface area contributed by atoms with Gasteiger partial charge in [-0.15, -0.1) is 0 Å². The molecule has 0 aliphatic carbocycles. The van der Waals surface area contributed by atoms with Gasteiger partial charge in [0.25, 0.3) is 0 Å². The van der Waals surface area contributed by atoms with E-state index in [2.05, 4.69) is 5.32 Å². The van der Waals surface area contributed by atoms with Gasteiger partial charge in [-0.2, -0.15) is 0 Å². The number of rotatable bonds is 2. The lowest BCUT2D eigenvalue weighted by Crippen LogP contribution is -2.59. The van der Waals surface area contributed by atoms with Crippen LogP contribution in [0.4, 0.5) is 4.79 Å². The number of carboxylic acids is 1. The van der Waals surface area contributed by atoms with E-state index in [9.17, 15) is 9.59 Å². The molecule has 0 spiro atoms. The minimum atomic E-state index is -1.26. The van der Waals surface area contributed by atoms with Crippen molar-refractivity contribution in [2.45, 2.75) is 38.8 Å². The lowest BCUT2D eigenvalue weighted by molar-refractivity contribution is -0.143. The Hall–Kier alpha value is -1.30. The smallest absolute Gasteiger partial charge is 0.328 e. The van der Waals surface area contributed by atoms with Gasteiger partial charge >= 0.3 is 12.0 Å². The second-order valence-electron chi connectivity index (χ2n) is 5.39. The van der Waals surface area contributed by atoms with Crippen LogP contribution in [0.2, 0.25) is 0 Å². The molecule has 0 atom stereocenters. The second-order valence-corrected chi connectivity index (χ2v) is 5.39. The molecule has 1 aliphatic rings. The summed E-state index contributed by atoms with van der Waals surface area (Å²) in [5.41, 5.74) is -1.65. The molecule has 1 fully saturated rings. The van der Waals surface area contributed by atoms with Crippen LogP contribution in [-0.4, -0.2) is 52.8 Å². The Morgan fingerprint density at radius 2 is 2.00 bits per heavy atom. The average Bonchev–Trinajstić information content (AvgIpc) is 2.15. The van der Waals surface area contributed by atoms with Crippen LogP contribution in [0.25, 0.3) is 0 Å². The number of morpholine rings is 1. The van der Waals surface area contributed by atoms with Gasteiger partial charge in [0.15, 0.2) is 0 Å². The van der Waals surface area contributed by atoms with Crippen LogP contribution >= 0.6 is 0 Å². The normalized spacial score (nSPS) is 19.9. The largest absolute Gasteiger partial charge is 0.480 e. The molecule has 98 valence electrons. The van der Waals surface area contributed by atoms with Gasteiger partial charge in [0, 0.05) is 6.54 Å². The lowest BCUT2D eigenvalue weighted by Gasteiger charge is -2.39. The van der Waals surface area contributed by atoms with Gasteiger partial charge < -0.3 is 20.1 Å². The van der Waals surface area contributed by atoms with Gasteiger partial charge in [-0.1, -0.05) is 0 Å². The molecule has 0 aromatic heterocycles. The topological polar surface area (TPSA) is 78.9 Å². The first kappa shape index (κ1) is 13.8. The second kappa shape index (κ2) is 4.52. The molecular weight excluding hydrogens is 224 g/mol. The molecule has 2 amide bonds. The van der Waals surface area contributed by atoms with E-state index in [0.29, 0.717) is 19.7 Å². The van der Waals surface area contributed by atoms with Crippen molar-refractivity contribution in [3.05, 3.63) is 0 Å². The van der Waals surface area contributed by atoms with E-state index in [4.69, 9.17) is 9.84 Å². The third-order valence-corrected chi connectivity index (χ3v) is 2.67. The van der Waals surface area contributed by atoms with Gasteiger partial charge in [-0.3, -0.25) is 0 Å². The molecule has 0 bridgehead atoms. The lowest BCUT2D eigenvalue weighted by atomic mass is 10.1. The third-order valence-electron chi connectivity index (χ3n) is 2.67. The SMILES string of the molecule is CC1(C)CN(C(=O)NC(C)(C)C(=O)O)CCO1. The van der Waals surface area contributed by atoms with Crippen LogP contribution in [0.3, 0.4) is 0 Å². The zero-order chi connectivity index (χ0) is 13.3. The third kappa shape index (κ3) is 3.59. The molecule has 1 saturated heterocycles. The number of hydrogen-bond acceptors (Lipinski definition) is 3. The van der Waals surface area contributed by atoms with E-state index in [-0.39, 0.29) is 11.6 Å². The first-order valence-corrected chi connectivity index (χ1v) is 5.58. The maximum Gasteiger partial charge on any atom is 0.328 e. The van der Waals surface area contributed by atoms with Crippen LogP contribution in [-0.2, 0) is 9.53 Å². The van der Waals surface area contributed by atoms with Gasteiger partial charge in [0.1, 0.15) is 5.54 Å². The predicted octanol–water partition coefficient (Wildman–Crippen LogP) is 0.670. The minimum Gasteiger partial charge on any atom is -0.480 e. The van der Waals surface area contributed by atoms with Crippen LogP contribution in [0.1, 0.15) is 27.7 Å². The number of aliphatic carboxylic acids is 1.